The monoisotopic (exact) mass is 181 g/mol. The molecule has 0 amide bonds. The van der Waals surface area contributed by atoms with Crippen LogP contribution in [-0.2, 0) is 10.4 Å². The van der Waals surface area contributed by atoms with E-state index >= 15 is 0 Å². The number of thiocyanates is 1. The van der Waals surface area contributed by atoms with Crippen molar-refractivity contribution in [2.24, 2.45) is 0 Å². The van der Waals surface area contributed by atoms with Gasteiger partial charge in [0.25, 0.3) is 0 Å². The Morgan fingerprint density at radius 3 is 1.56 bits per heavy atom. The van der Waals surface area contributed by atoms with Crippen LogP contribution in [-0.4, -0.2) is 17.5 Å². The van der Waals surface area contributed by atoms with Gasteiger partial charge in [0, 0.05) is 0 Å². The Balaban J connectivity index is -0.0000000326. The van der Waals surface area contributed by atoms with Crippen LogP contribution in [0.2, 0.25) is 0 Å². The number of hydrogen-bond donors (Lipinski definition) is 3. The molecular formula is CH4NNaO4S2. The quantitative estimate of drug-likeness (QED) is 0.159. The second-order valence-electron chi connectivity index (χ2n) is 0.548. The predicted octanol–water partition coefficient (Wildman–Crippen LogP) is -3.14. The van der Waals surface area contributed by atoms with E-state index in [1.54, 1.807) is 0 Å². The molecule has 0 atom stereocenters. The molecule has 0 aliphatic carbocycles. The van der Waals surface area contributed by atoms with Crippen molar-refractivity contribution in [1.82, 2.24) is 0 Å². The van der Waals surface area contributed by atoms with Gasteiger partial charge >= 0.3 is 40.0 Å². The molecule has 0 saturated carbocycles. The van der Waals surface area contributed by atoms with Crippen molar-refractivity contribution in [3.8, 4) is 5.40 Å². The predicted molar refractivity (Wildman–Crippen MR) is 29.9 cm³/mol. The van der Waals surface area contributed by atoms with Crippen molar-refractivity contribution in [3.05, 3.63) is 0 Å². The molecule has 0 saturated heterocycles. The van der Waals surface area contributed by atoms with E-state index in [4.69, 9.17) is 22.8 Å². The number of hydrogen-bond acceptors (Lipinski definition) is 4. The summed E-state index contributed by atoms with van der Waals surface area (Å²) >= 11 is 3.09. The van der Waals surface area contributed by atoms with E-state index in [0.717, 1.165) is 0 Å². The molecule has 5 nitrogen and oxygen atoms in total. The standard InChI is InChI=1S/CHNS.Na.H2O4S.H/c2-1-3;;1-5(2,3)4;/h3H;;(H2,1,2,3,4);/q;+1;;-1. The molecule has 0 aromatic carbocycles. The number of nitrogens with zero attached hydrogens (tertiary/aromatic N) is 1. The zero-order chi connectivity index (χ0) is 7.21. The van der Waals surface area contributed by atoms with Gasteiger partial charge in [0.1, 0.15) is 5.40 Å². The Morgan fingerprint density at radius 1 is 1.56 bits per heavy atom. The maximum Gasteiger partial charge on any atom is 1.00 e. The minimum absolute atomic E-state index is 0. The fourth-order valence-electron chi connectivity index (χ4n) is 0. The Bertz CT molecular complexity index is 164. The third-order valence-corrected chi connectivity index (χ3v) is 0. The van der Waals surface area contributed by atoms with Crippen molar-refractivity contribution >= 4 is 23.0 Å². The van der Waals surface area contributed by atoms with Gasteiger partial charge in [-0.25, -0.2) is 0 Å². The SMILES string of the molecule is N#CS.O=S(=O)(O)O.[H-].[Na+]. The zero-order valence-corrected chi connectivity index (χ0v) is 8.22. The van der Waals surface area contributed by atoms with Crippen molar-refractivity contribution in [2.45, 2.75) is 0 Å². The Hall–Kier alpha value is 0.710. The van der Waals surface area contributed by atoms with Crippen LogP contribution < -0.4 is 29.6 Å². The molecule has 0 aromatic heterocycles. The van der Waals surface area contributed by atoms with E-state index < -0.39 is 10.4 Å². The van der Waals surface area contributed by atoms with E-state index in [0.29, 0.717) is 0 Å². The van der Waals surface area contributed by atoms with Gasteiger partial charge in [0.05, 0.1) is 0 Å². The molecule has 8 heteroatoms. The summed E-state index contributed by atoms with van der Waals surface area (Å²) in [4.78, 5) is 0. The van der Waals surface area contributed by atoms with Crippen LogP contribution in [0.4, 0.5) is 0 Å². The van der Waals surface area contributed by atoms with Gasteiger partial charge in [0.15, 0.2) is 0 Å². The summed E-state index contributed by atoms with van der Waals surface area (Å²) in [5, 5.41) is 8.63. The van der Waals surface area contributed by atoms with E-state index in [-0.39, 0.29) is 31.0 Å². The number of nitriles is 1. The van der Waals surface area contributed by atoms with Crippen molar-refractivity contribution in [1.29, 1.82) is 5.26 Å². The average molecular weight is 181 g/mol. The molecule has 0 heterocycles. The third-order valence-electron chi connectivity index (χ3n) is 0. The van der Waals surface area contributed by atoms with Crippen LogP contribution in [0.25, 0.3) is 0 Å². The second kappa shape index (κ2) is 8.71. The average Bonchev–Trinajstić information content (AvgIpc) is 1.27. The van der Waals surface area contributed by atoms with E-state index in [9.17, 15) is 0 Å². The maximum absolute atomic E-state index is 8.74. The number of thiol groups is 1. The molecule has 0 unspecified atom stereocenters. The first-order valence-corrected chi connectivity index (χ1v) is 2.99. The summed E-state index contributed by atoms with van der Waals surface area (Å²) in [7, 11) is -4.67. The fraction of sp³-hybridized carbons (Fsp3) is 0. The second-order valence-corrected chi connectivity index (χ2v) is 1.64. The van der Waals surface area contributed by atoms with E-state index in [1.807, 2.05) is 0 Å². The van der Waals surface area contributed by atoms with Gasteiger partial charge in [-0.2, -0.15) is 13.7 Å². The smallest absolute Gasteiger partial charge is 1.00 e. The molecule has 2 N–H and O–H groups in total. The van der Waals surface area contributed by atoms with Crippen molar-refractivity contribution in [3.63, 3.8) is 0 Å². The van der Waals surface area contributed by atoms with Crippen LogP contribution in [0.5, 0.6) is 0 Å². The maximum atomic E-state index is 8.74. The summed E-state index contributed by atoms with van der Waals surface area (Å²) in [5.74, 6) is 0. The van der Waals surface area contributed by atoms with Gasteiger partial charge in [-0.15, -0.1) is 0 Å². The van der Waals surface area contributed by atoms with Gasteiger partial charge in [0.2, 0.25) is 0 Å². The molecule has 0 radical (unpaired) electrons. The van der Waals surface area contributed by atoms with Gasteiger partial charge in [-0.05, 0) is 0 Å². The first kappa shape index (κ1) is 16.4. The normalized spacial score (nSPS) is 7.33. The van der Waals surface area contributed by atoms with E-state index in [2.05, 4.69) is 12.6 Å². The Labute approximate surface area is 81.8 Å². The molecule has 0 aliphatic heterocycles. The van der Waals surface area contributed by atoms with Gasteiger partial charge in [-0.1, -0.05) is 12.6 Å². The minimum Gasteiger partial charge on any atom is -1.00 e. The molecule has 9 heavy (non-hydrogen) atoms. The topological polar surface area (TPSA) is 98.4 Å². The van der Waals surface area contributed by atoms with Crippen LogP contribution in [0.3, 0.4) is 0 Å². The Kier molecular flexibility index (Phi) is 15.8. The summed E-state index contributed by atoms with van der Waals surface area (Å²) in [5.41, 5.74) is 0. The minimum atomic E-state index is -4.67. The zero-order valence-electron chi connectivity index (χ0n) is 5.51. The van der Waals surface area contributed by atoms with Crippen molar-refractivity contribution in [2.75, 3.05) is 0 Å². The summed E-state index contributed by atoms with van der Waals surface area (Å²) < 4.78 is 31.6. The van der Waals surface area contributed by atoms with Crippen LogP contribution in [0.1, 0.15) is 1.43 Å². The first-order chi connectivity index (χ1) is 3.41. The molecule has 0 fully saturated rings. The summed E-state index contributed by atoms with van der Waals surface area (Å²) in [6.07, 6.45) is 0. The number of rotatable bonds is 0. The van der Waals surface area contributed by atoms with Crippen LogP contribution in [0, 0.1) is 10.7 Å². The Morgan fingerprint density at radius 2 is 1.56 bits per heavy atom. The van der Waals surface area contributed by atoms with E-state index in [1.165, 1.54) is 5.40 Å². The fourth-order valence-corrected chi connectivity index (χ4v) is 0. The molecule has 0 aliphatic rings. The molecule has 0 rings (SSSR count). The van der Waals surface area contributed by atoms with Crippen LogP contribution in [0.15, 0.2) is 0 Å². The summed E-state index contributed by atoms with van der Waals surface area (Å²) in [6.45, 7) is 0. The molecule has 0 aromatic rings. The summed E-state index contributed by atoms with van der Waals surface area (Å²) in [6, 6.07) is 0. The molecular weight excluding hydrogens is 177 g/mol. The molecule has 0 bridgehead atoms. The van der Waals surface area contributed by atoms with Gasteiger partial charge in [-0.3, -0.25) is 9.11 Å². The van der Waals surface area contributed by atoms with Gasteiger partial charge < -0.3 is 1.43 Å². The van der Waals surface area contributed by atoms with Crippen LogP contribution >= 0.6 is 12.6 Å². The molecule has 50 valence electrons. The molecule has 0 spiro atoms. The largest absolute Gasteiger partial charge is 1.00 e. The third kappa shape index (κ3) is 778. The van der Waals surface area contributed by atoms with Crippen molar-refractivity contribution < 1.29 is 48.5 Å². The first-order valence-electron chi connectivity index (χ1n) is 1.15.